The molecule has 11 heteroatoms. The summed E-state index contributed by atoms with van der Waals surface area (Å²) in [6.07, 6.45) is 39.0. The third-order valence-electron chi connectivity index (χ3n) is 7.75. The first-order chi connectivity index (χ1) is 24.1. The zero-order chi connectivity index (χ0) is 34.8. The minimum atomic E-state index is -0.474. The number of allylic oxidation sites excluding steroid dienone is 12. The Labute approximate surface area is 290 Å². The van der Waals surface area contributed by atoms with Crippen LogP contribution in [-0.4, -0.2) is 57.3 Å². The minimum Gasteiger partial charge on any atom is -0.447 e. The zero-order valence-electron chi connectivity index (χ0n) is 28.9. The number of ether oxygens (including phenoxy) is 2. The molecule has 3 N–H and O–H groups in total. The fraction of sp³-hybridized carbons (Fsp3) is 0.500. The smallest absolute Gasteiger partial charge is 0.407 e. The summed E-state index contributed by atoms with van der Waals surface area (Å²) in [4.78, 5) is 46.7. The van der Waals surface area contributed by atoms with Crippen LogP contribution in [0.15, 0.2) is 90.4 Å². The molecule has 49 heavy (non-hydrogen) atoms. The van der Waals surface area contributed by atoms with Crippen LogP contribution < -0.4 is 16.2 Å². The molecule has 1 fully saturated rings. The number of fused-ring (bicyclic) bond motifs is 1. The average Bonchev–Trinajstić information content (AvgIpc) is 3.76. The standard InChI is InChI=1S/C38H54N6O5/c1-2-3-4-5-6-7-8-9-10-11-12-13-14-15-16-17-18-19-21-24-33(45)39-27-22-20-23-28-40-38(47)48-29-32-25-26-34(49-32)44-31-43-35-36(44)41-30-42-37(35)46/h3-4,6-7,9-10,12-13,15-16,18-19,30-32,34H,2,5,8,11,14,17,20-29H2,1H3,(H,39,45)(H,40,47)(H,41,42,46)/b4-3-,7-6-,10-9-,13-12-,16-15-,19-18-/t32-,34?/m0/s1. The Kier molecular flexibility index (Phi) is 19.5. The highest BCUT2D eigenvalue weighted by molar-refractivity contribution is 5.75. The molecule has 3 rings (SSSR count). The highest BCUT2D eigenvalue weighted by atomic mass is 16.6. The molecule has 0 aromatic carbocycles. The number of amides is 2. The van der Waals surface area contributed by atoms with Gasteiger partial charge < -0.3 is 25.1 Å². The van der Waals surface area contributed by atoms with E-state index in [2.05, 4.69) is 105 Å². The van der Waals surface area contributed by atoms with Crippen molar-refractivity contribution >= 4 is 23.2 Å². The summed E-state index contributed by atoms with van der Waals surface area (Å²) in [5.41, 5.74) is 0.439. The van der Waals surface area contributed by atoms with Gasteiger partial charge in [-0.05, 0) is 77.0 Å². The first-order valence-corrected chi connectivity index (χ1v) is 17.7. The highest BCUT2D eigenvalue weighted by Crippen LogP contribution is 2.29. The van der Waals surface area contributed by atoms with Crippen molar-refractivity contribution in [1.29, 1.82) is 0 Å². The molecule has 2 aromatic rings. The number of hydrogen-bond acceptors (Lipinski definition) is 7. The van der Waals surface area contributed by atoms with Crippen LogP contribution in [0.5, 0.6) is 0 Å². The van der Waals surface area contributed by atoms with Gasteiger partial charge in [0.25, 0.3) is 0 Å². The molecule has 0 spiro atoms. The largest absolute Gasteiger partial charge is 0.447 e. The number of hydrogen-bond donors (Lipinski definition) is 3. The second-order valence-corrected chi connectivity index (χ2v) is 11.7. The Balaban J connectivity index is 1.09. The van der Waals surface area contributed by atoms with Crippen LogP contribution in [-0.2, 0) is 14.3 Å². The fourth-order valence-electron chi connectivity index (χ4n) is 5.11. The number of imidazole rings is 1. The number of carbonyl (C=O) groups is 2. The van der Waals surface area contributed by atoms with Crippen molar-refractivity contribution < 1.29 is 19.1 Å². The Bertz CT molecular complexity index is 1480. The van der Waals surface area contributed by atoms with Crippen molar-refractivity contribution in [3.05, 3.63) is 95.9 Å². The number of aromatic amines is 1. The van der Waals surface area contributed by atoms with E-state index < -0.39 is 6.09 Å². The van der Waals surface area contributed by atoms with Crippen LogP contribution in [0.4, 0.5) is 4.79 Å². The van der Waals surface area contributed by atoms with Gasteiger partial charge in [0, 0.05) is 19.5 Å². The second kappa shape index (κ2) is 24.6. The maximum atomic E-state index is 12.1. The maximum absolute atomic E-state index is 12.1. The van der Waals surface area contributed by atoms with Gasteiger partial charge in [0.15, 0.2) is 5.52 Å². The SMILES string of the molecule is CC/C=C\C/C=C\C/C=C\C/C=C\C/C=C\C/C=C\CCC(=O)NCCCCCNC(=O)OC[C@@H]1CCC(n2cnc3c(=O)nc[nH]c32)O1. The van der Waals surface area contributed by atoms with Crippen LogP contribution in [0, 0.1) is 0 Å². The number of aromatic nitrogens is 4. The van der Waals surface area contributed by atoms with Crippen LogP contribution >= 0.6 is 0 Å². The summed E-state index contributed by atoms with van der Waals surface area (Å²) in [6, 6.07) is 0. The molecule has 266 valence electrons. The van der Waals surface area contributed by atoms with Crippen LogP contribution in [0.2, 0.25) is 0 Å². The predicted molar refractivity (Wildman–Crippen MR) is 195 cm³/mol. The third kappa shape index (κ3) is 16.4. The van der Waals surface area contributed by atoms with E-state index in [1.807, 2.05) is 0 Å². The minimum absolute atomic E-state index is 0.0594. The summed E-state index contributed by atoms with van der Waals surface area (Å²) >= 11 is 0. The molecule has 3 heterocycles. The summed E-state index contributed by atoms with van der Waals surface area (Å²) in [6.45, 7) is 3.43. The van der Waals surface area contributed by atoms with E-state index in [9.17, 15) is 14.4 Å². The zero-order valence-corrected chi connectivity index (χ0v) is 28.9. The van der Waals surface area contributed by atoms with Gasteiger partial charge in [0.2, 0.25) is 5.91 Å². The van der Waals surface area contributed by atoms with E-state index in [0.29, 0.717) is 31.6 Å². The Morgan fingerprint density at radius 1 is 0.857 bits per heavy atom. The lowest BCUT2D eigenvalue weighted by molar-refractivity contribution is -0.121. The monoisotopic (exact) mass is 674 g/mol. The molecule has 2 atom stereocenters. The maximum Gasteiger partial charge on any atom is 0.407 e. The van der Waals surface area contributed by atoms with E-state index in [1.54, 1.807) is 10.9 Å². The van der Waals surface area contributed by atoms with Crippen molar-refractivity contribution in [2.24, 2.45) is 0 Å². The van der Waals surface area contributed by atoms with Crippen molar-refractivity contribution in [3.8, 4) is 0 Å². The molecular weight excluding hydrogens is 620 g/mol. The lowest BCUT2D eigenvalue weighted by Gasteiger charge is -2.15. The number of H-pyrrole nitrogens is 1. The topological polar surface area (TPSA) is 140 Å². The Morgan fingerprint density at radius 3 is 2.12 bits per heavy atom. The molecule has 0 bridgehead atoms. The number of carbonyl (C=O) groups excluding carboxylic acids is 2. The lowest BCUT2D eigenvalue weighted by atomic mass is 10.2. The summed E-state index contributed by atoms with van der Waals surface area (Å²) in [7, 11) is 0. The molecule has 2 amide bonds. The summed E-state index contributed by atoms with van der Waals surface area (Å²) in [5, 5.41) is 5.73. The first kappa shape index (κ1) is 38.9. The molecule has 1 unspecified atom stereocenters. The van der Waals surface area contributed by atoms with Crippen LogP contribution in [0.25, 0.3) is 11.2 Å². The molecule has 11 nitrogen and oxygen atoms in total. The molecule has 1 aliphatic rings. The second-order valence-electron chi connectivity index (χ2n) is 11.7. The summed E-state index contributed by atoms with van der Waals surface area (Å²) < 4.78 is 13.1. The number of unbranched alkanes of at least 4 members (excludes halogenated alkanes) is 2. The summed E-state index contributed by atoms with van der Waals surface area (Å²) in [5.74, 6) is 0.0594. The van der Waals surface area contributed by atoms with Gasteiger partial charge in [-0.2, -0.15) is 4.98 Å². The molecule has 1 saturated heterocycles. The predicted octanol–water partition coefficient (Wildman–Crippen LogP) is 7.29. The molecule has 2 aromatic heterocycles. The quantitative estimate of drug-likeness (QED) is 0.0831. The lowest BCUT2D eigenvalue weighted by Crippen LogP contribution is -2.29. The molecule has 0 radical (unpaired) electrons. The van der Waals surface area contributed by atoms with Crippen molar-refractivity contribution in [2.75, 3.05) is 19.7 Å². The van der Waals surface area contributed by atoms with Gasteiger partial charge >= 0.3 is 11.7 Å². The average molecular weight is 675 g/mol. The first-order valence-electron chi connectivity index (χ1n) is 17.7. The molecule has 1 aliphatic heterocycles. The van der Waals surface area contributed by atoms with Gasteiger partial charge in [-0.3, -0.25) is 14.2 Å². The molecule has 0 saturated carbocycles. The Morgan fingerprint density at radius 2 is 1.47 bits per heavy atom. The van der Waals surface area contributed by atoms with E-state index >= 15 is 0 Å². The number of nitrogens with one attached hydrogen (secondary N) is 3. The van der Waals surface area contributed by atoms with Crippen LogP contribution in [0.1, 0.15) is 96.6 Å². The van der Waals surface area contributed by atoms with E-state index in [-0.39, 0.29) is 35.9 Å². The van der Waals surface area contributed by atoms with Crippen molar-refractivity contribution in [3.63, 3.8) is 0 Å². The fourth-order valence-corrected chi connectivity index (χ4v) is 5.11. The van der Waals surface area contributed by atoms with E-state index in [4.69, 9.17) is 9.47 Å². The van der Waals surface area contributed by atoms with Gasteiger partial charge in [0.1, 0.15) is 18.5 Å². The van der Waals surface area contributed by atoms with E-state index in [0.717, 1.165) is 70.6 Å². The molecular formula is C38H54N6O5. The number of rotatable bonds is 23. The molecule has 0 aliphatic carbocycles. The Hall–Kier alpha value is -4.51. The van der Waals surface area contributed by atoms with Crippen molar-refractivity contribution in [1.82, 2.24) is 30.2 Å². The number of nitrogens with zero attached hydrogens (tertiary/aromatic N) is 3. The highest BCUT2D eigenvalue weighted by Gasteiger charge is 2.29. The van der Waals surface area contributed by atoms with Gasteiger partial charge in [-0.15, -0.1) is 0 Å². The van der Waals surface area contributed by atoms with Gasteiger partial charge in [-0.1, -0.05) is 79.8 Å². The number of alkyl carbamates (subject to hydrolysis) is 1. The van der Waals surface area contributed by atoms with Crippen LogP contribution in [0.3, 0.4) is 0 Å². The van der Waals surface area contributed by atoms with Gasteiger partial charge in [-0.25, -0.2) is 9.78 Å². The van der Waals surface area contributed by atoms with E-state index in [1.165, 1.54) is 6.33 Å². The third-order valence-corrected chi connectivity index (χ3v) is 7.75. The van der Waals surface area contributed by atoms with Crippen molar-refractivity contribution in [2.45, 2.75) is 103 Å². The van der Waals surface area contributed by atoms with Gasteiger partial charge in [0.05, 0.1) is 18.8 Å². The normalized spacial score (nSPS) is 16.9.